The van der Waals surface area contributed by atoms with Crippen LogP contribution in [0.4, 0.5) is 11.5 Å². The summed E-state index contributed by atoms with van der Waals surface area (Å²) in [6.45, 7) is 3.42. The van der Waals surface area contributed by atoms with Crippen molar-refractivity contribution < 1.29 is 20.1 Å². The van der Waals surface area contributed by atoms with Gasteiger partial charge in [-0.15, -0.1) is 0 Å². The minimum Gasteiger partial charge on any atom is -0.394 e. The number of hydrogen-bond donors (Lipinski definition) is 4. The number of ether oxygens (including phenoxy) is 1. The van der Waals surface area contributed by atoms with E-state index < -0.39 is 30.6 Å². The fraction of sp³-hybridized carbons (Fsp3) is 0.533. The summed E-state index contributed by atoms with van der Waals surface area (Å²) in [5.41, 5.74) is -0.377. The van der Waals surface area contributed by atoms with E-state index in [1.165, 1.54) is 6.92 Å². The van der Waals surface area contributed by atoms with Gasteiger partial charge in [0.05, 0.1) is 24.2 Å². The minimum absolute atomic E-state index is 0.390. The second kappa shape index (κ2) is 5.21. The molecule has 4 heterocycles. The molecule has 2 aromatic rings. The predicted molar refractivity (Wildman–Crippen MR) is 86.5 cm³/mol. The van der Waals surface area contributed by atoms with E-state index in [1.54, 1.807) is 23.9 Å². The number of aliphatic hydroxyl groups excluding tert-OH is 2. The second-order valence-corrected chi connectivity index (χ2v) is 6.31. The first-order valence-corrected chi connectivity index (χ1v) is 7.76. The Morgan fingerprint density at radius 2 is 2.25 bits per heavy atom. The van der Waals surface area contributed by atoms with Crippen molar-refractivity contribution in [3.63, 3.8) is 0 Å². The average molecular weight is 333 g/mol. The van der Waals surface area contributed by atoms with E-state index in [9.17, 15) is 15.3 Å². The van der Waals surface area contributed by atoms with Gasteiger partial charge in [-0.05, 0) is 13.8 Å². The lowest BCUT2D eigenvalue weighted by molar-refractivity contribution is -0.0948. The number of nitrogens with one attached hydrogen (secondary N) is 1. The number of aliphatic hydroxyl groups is 3. The van der Waals surface area contributed by atoms with E-state index in [-0.39, 0.29) is 0 Å². The van der Waals surface area contributed by atoms with Gasteiger partial charge in [-0.25, -0.2) is 9.97 Å². The van der Waals surface area contributed by atoms with Gasteiger partial charge < -0.3 is 29.9 Å². The predicted octanol–water partition coefficient (Wildman–Crippen LogP) is -0.131. The average Bonchev–Trinajstić information content (AvgIpc) is 2.89. The van der Waals surface area contributed by atoms with E-state index in [0.717, 1.165) is 5.39 Å². The summed E-state index contributed by atoms with van der Waals surface area (Å²) in [4.78, 5) is 13.3. The maximum Gasteiger partial charge on any atom is 0.167 e. The van der Waals surface area contributed by atoms with E-state index in [0.29, 0.717) is 29.5 Å². The van der Waals surface area contributed by atoms with Gasteiger partial charge in [-0.2, -0.15) is 0 Å². The van der Waals surface area contributed by atoms with Gasteiger partial charge in [0, 0.05) is 12.4 Å². The monoisotopic (exact) mass is 333 g/mol. The quantitative estimate of drug-likeness (QED) is 0.603. The molecule has 4 rings (SSSR count). The smallest absolute Gasteiger partial charge is 0.167 e. The maximum absolute atomic E-state index is 10.7. The molecule has 0 bridgehead atoms. The fourth-order valence-electron chi connectivity index (χ4n) is 3.32. The highest BCUT2D eigenvalue weighted by molar-refractivity contribution is 6.00. The third-order valence-corrected chi connectivity index (χ3v) is 4.54. The zero-order valence-electron chi connectivity index (χ0n) is 13.3. The number of nitrogens with zero attached hydrogens (tertiary/aromatic N) is 4. The van der Waals surface area contributed by atoms with Crippen LogP contribution in [0.25, 0.3) is 11.0 Å². The SMILES string of the molecule is Cc1nc2c3c(cn(C4O[C@H](CO)[C@@H](O)C4(C)O)c3n1)N=CCN2. The number of hydrogen-bond acceptors (Lipinski definition) is 8. The Hall–Kier alpha value is -2.07. The summed E-state index contributed by atoms with van der Waals surface area (Å²) in [6, 6.07) is 0. The van der Waals surface area contributed by atoms with Gasteiger partial charge >= 0.3 is 0 Å². The lowest BCUT2D eigenvalue weighted by atomic mass is 9.96. The fourth-order valence-corrected chi connectivity index (χ4v) is 3.32. The summed E-state index contributed by atoms with van der Waals surface area (Å²) in [7, 11) is 0. The molecule has 2 aromatic heterocycles. The molecule has 1 saturated heterocycles. The van der Waals surface area contributed by atoms with Crippen molar-refractivity contribution in [2.75, 3.05) is 18.5 Å². The van der Waals surface area contributed by atoms with Crippen LogP contribution in [-0.2, 0) is 4.74 Å². The molecule has 1 fully saturated rings. The van der Waals surface area contributed by atoms with Gasteiger partial charge in [0.25, 0.3) is 0 Å². The molecule has 24 heavy (non-hydrogen) atoms. The van der Waals surface area contributed by atoms with Gasteiger partial charge in [-0.1, -0.05) is 0 Å². The van der Waals surface area contributed by atoms with Crippen LogP contribution in [0.2, 0.25) is 0 Å². The van der Waals surface area contributed by atoms with Crippen LogP contribution >= 0.6 is 0 Å². The van der Waals surface area contributed by atoms with Crippen molar-refractivity contribution in [3.8, 4) is 0 Å². The van der Waals surface area contributed by atoms with Crippen molar-refractivity contribution >= 4 is 28.8 Å². The molecule has 9 nitrogen and oxygen atoms in total. The highest BCUT2D eigenvalue weighted by Gasteiger charge is 2.53. The molecule has 4 atom stereocenters. The number of rotatable bonds is 2. The van der Waals surface area contributed by atoms with Crippen LogP contribution in [0.5, 0.6) is 0 Å². The number of aromatic nitrogens is 3. The molecule has 0 saturated carbocycles. The first kappa shape index (κ1) is 15.5. The lowest BCUT2D eigenvalue weighted by Gasteiger charge is -2.27. The number of aliphatic imine (C=N–C) groups is 1. The molecule has 0 amide bonds. The zero-order chi connectivity index (χ0) is 17.1. The highest BCUT2D eigenvalue weighted by Crippen LogP contribution is 2.43. The minimum atomic E-state index is -1.59. The topological polar surface area (TPSA) is 125 Å². The molecule has 0 aliphatic carbocycles. The third-order valence-electron chi connectivity index (χ3n) is 4.54. The molecule has 2 aliphatic rings. The first-order valence-electron chi connectivity index (χ1n) is 7.76. The van der Waals surface area contributed by atoms with Crippen molar-refractivity contribution in [3.05, 3.63) is 12.0 Å². The van der Waals surface area contributed by atoms with Gasteiger partial charge in [0.15, 0.2) is 6.23 Å². The Bertz CT molecular complexity index is 831. The number of anilines is 1. The Morgan fingerprint density at radius 3 is 2.96 bits per heavy atom. The Labute approximate surface area is 137 Å². The van der Waals surface area contributed by atoms with Crippen LogP contribution in [0.3, 0.4) is 0 Å². The molecule has 2 unspecified atom stereocenters. The van der Waals surface area contributed by atoms with Crippen molar-refractivity contribution in [2.45, 2.75) is 37.9 Å². The van der Waals surface area contributed by atoms with Gasteiger partial charge in [-0.3, -0.25) is 4.99 Å². The molecule has 2 aliphatic heterocycles. The molecule has 9 heteroatoms. The highest BCUT2D eigenvalue weighted by atomic mass is 16.6. The van der Waals surface area contributed by atoms with E-state index >= 15 is 0 Å². The molecular formula is C15H19N5O4. The van der Waals surface area contributed by atoms with Crippen LogP contribution in [0, 0.1) is 6.92 Å². The van der Waals surface area contributed by atoms with Crippen LogP contribution in [0.15, 0.2) is 11.2 Å². The lowest BCUT2D eigenvalue weighted by Crippen LogP contribution is -2.44. The summed E-state index contributed by atoms with van der Waals surface area (Å²) in [6.07, 6.45) is 0.456. The molecule has 4 N–H and O–H groups in total. The zero-order valence-corrected chi connectivity index (χ0v) is 13.3. The van der Waals surface area contributed by atoms with Crippen molar-refractivity contribution in [1.82, 2.24) is 14.5 Å². The normalized spacial score (nSPS) is 32.1. The second-order valence-electron chi connectivity index (χ2n) is 6.31. The largest absolute Gasteiger partial charge is 0.394 e. The molecule has 0 aromatic carbocycles. The first-order chi connectivity index (χ1) is 11.4. The van der Waals surface area contributed by atoms with Crippen LogP contribution in [-0.4, -0.2) is 67.0 Å². The van der Waals surface area contributed by atoms with E-state index in [1.807, 2.05) is 0 Å². The Balaban J connectivity index is 1.93. The van der Waals surface area contributed by atoms with E-state index in [2.05, 4.69) is 20.3 Å². The molecule has 0 spiro atoms. The third kappa shape index (κ3) is 2.06. The van der Waals surface area contributed by atoms with Crippen LogP contribution in [0.1, 0.15) is 19.0 Å². The molecule has 128 valence electrons. The maximum atomic E-state index is 10.7. The Morgan fingerprint density at radius 1 is 1.46 bits per heavy atom. The summed E-state index contributed by atoms with van der Waals surface area (Å²) >= 11 is 0. The summed E-state index contributed by atoms with van der Waals surface area (Å²) in [5, 5.41) is 34.2. The summed E-state index contributed by atoms with van der Waals surface area (Å²) < 4.78 is 7.35. The van der Waals surface area contributed by atoms with Crippen molar-refractivity contribution in [1.29, 1.82) is 0 Å². The van der Waals surface area contributed by atoms with Crippen LogP contribution < -0.4 is 5.32 Å². The molecular weight excluding hydrogens is 314 g/mol. The van der Waals surface area contributed by atoms with E-state index in [4.69, 9.17) is 4.74 Å². The summed E-state index contributed by atoms with van der Waals surface area (Å²) in [5.74, 6) is 1.23. The van der Waals surface area contributed by atoms with Crippen molar-refractivity contribution in [2.24, 2.45) is 4.99 Å². The standard InChI is InChI=1S/C15H19N5O4/c1-7-18-12-10-8(16-3-4-17-12)5-20(13(10)19-7)14-15(2,23)11(22)9(6-21)24-14/h3,5,9,11,14,21-23H,4,6H2,1-2H3,(H,17,18,19)/t9-,11-,14?,15?/m1/s1. The molecule has 0 radical (unpaired) electrons. The van der Waals surface area contributed by atoms with Gasteiger partial charge in [0.1, 0.15) is 35.1 Å². The Kier molecular flexibility index (Phi) is 3.36. The van der Waals surface area contributed by atoms with Gasteiger partial charge in [0.2, 0.25) is 0 Å². The number of aryl methyl sites for hydroxylation is 1.